The number of rotatable bonds is 6. The Bertz CT molecular complexity index is 1370. The van der Waals surface area contributed by atoms with Crippen molar-refractivity contribution in [2.24, 2.45) is 11.7 Å². The van der Waals surface area contributed by atoms with Crippen molar-refractivity contribution < 1.29 is 27.5 Å². The van der Waals surface area contributed by atoms with Crippen LogP contribution in [0.5, 0.6) is 0 Å². The number of aromatic amines is 1. The molecule has 0 radical (unpaired) electrons. The van der Waals surface area contributed by atoms with Crippen LogP contribution in [0.1, 0.15) is 37.3 Å². The smallest absolute Gasteiger partial charge is 0.417 e. The Labute approximate surface area is 217 Å². The van der Waals surface area contributed by atoms with Crippen LogP contribution in [0.2, 0.25) is 0 Å². The number of aromatic nitrogens is 1. The standard InChI is InChI=1S/C26H26F3N3O4.ClH/c1-13(2)22(30)25(35)36-12-16-11-19(23(33)31-16)14-7-8-15-10-21(32-24(34)18(15)9-14)17-5-3-4-6-20(17)26(27,28)29;/h3-10,13,16,19,22H,11-12,30H2,1-2H3,(H,31,33)(H,32,34);1H/t16?,19-,22+;/m1./s1. The van der Waals surface area contributed by atoms with Crippen molar-refractivity contribution in [3.05, 3.63) is 70.0 Å². The van der Waals surface area contributed by atoms with E-state index >= 15 is 0 Å². The van der Waals surface area contributed by atoms with Crippen molar-refractivity contribution in [2.45, 2.75) is 44.4 Å². The van der Waals surface area contributed by atoms with E-state index in [9.17, 15) is 27.6 Å². The van der Waals surface area contributed by atoms with E-state index in [4.69, 9.17) is 10.5 Å². The monoisotopic (exact) mass is 537 g/mol. The highest BCUT2D eigenvalue weighted by Crippen LogP contribution is 2.37. The Balaban J connectivity index is 0.00000380. The van der Waals surface area contributed by atoms with Gasteiger partial charge in [-0.3, -0.25) is 14.4 Å². The fourth-order valence-electron chi connectivity index (χ4n) is 4.31. The summed E-state index contributed by atoms with van der Waals surface area (Å²) in [5.41, 5.74) is 4.88. The molecule has 0 spiro atoms. The second-order valence-corrected chi connectivity index (χ2v) is 9.30. The minimum Gasteiger partial charge on any atom is -0.462 e. The average Bonchev–Trinajstić information content (AvgIpc) is 3.21. The zero-order valence-corrected chi connectivity index (χ0v) is 20.9. The number of fused-ring (bicyclic) bond motifs is 1. The molecule has 3 aromatic rings. The molecular formula is C26H27ClF3N3O4. The molecule has 0 aliphatic carbocycles. The van der Waals surface area contributed by atoms with E-state index in [2.05, 4.69) is 10.3 Å². The van der Waals surface area contributed by atoms with Gasteiger partial charge < -0.3 is 20.8 Å². The number of esters is 1. The van der Waals surface area contributed by atoms with E-state index in [-0.39, 0.29) is 47.5 Å². The molecule has 1 aliphatic heterocycles. The molecule has 1 unspecified atom stereocenters. The summed E-state index contributed by atoms with van der Waals surface area (Å²) in [6.45, 7) is 3.59. The van der Waals surface area contributed by atoms with Crippen LogP contribution in [-0.2, 0) is 20.5 Å². The first-order valence-electron chi connectivity index (χ1n) is 11.5. The van der Waals surface area contributed by atoms with Crippen LogP contribution in [0, 0.1) is 5.92 Å². The Hall–Kier alpha value is -3.37. The maximum Gasteiger partial charge on any atom is 0.417 e. The predicted octanol–water partition coefficient (Wildman–Crippen LogP) is 4.13. The number of amides is 1. The Morgan fingerprint density at radius 1 is 1.14 bits per heavy atom. The second-order valence-electron chi connectivity index (χ2n) is 9.30. The minimum absolute atomic E-state index is 0. The van der Waals surface area contributed by atoms with Gasteiger partial charge in [0, 0.05) is 16.6 Å². The van der Waals surface area contributed by atoms with Gasteiger partial charge in [-0.15, -0.1) is 12.4 Å². The van der Waals surface area contributed by atoms with Gasteiger partial charge in [-0.2, -0.15) is 13.2 Å². The lowest BCUT2D eigenvalue weighted by Crippen LogP contribution is -2.39. The SMILES string of the molecule is CC(C)[C@H](N)C(=O)OCC1C[C@H](c2ccc3cc(-c4ccccc4C(F)(F)F)[nH]c(=O)c3c2)C(=O)N1.Cl. The highest BCUT2D eigenvalue weighted by Gasteiger charge is 2.35. The van der Waals surface area contributed by atoms with E-state index in [0.717, 1.165) is 6.07 Å². The second kappa shape index (κ2) is 10.9. The Morgan fingerprint density at radius 2 is 1.84 bits per heavy atom. The molecular weight excluding hydrogens is 511 g/mol. The molecule has 0 saturated carbocycles. The molecule has 4 rings (SSSR count). The molecule has 1 aromatic heterocycles. The maximum atomic E-state index is 13.5. The van der Waals surface area contributed by atoms with Crippen molar-refractivity contribution in [3.63, 3.8) is 0 Å². The lowest BCUT2D eigenvalue weighted by molar-refractivity contribution is -0.147. The van der Waals surface area contributed by atoms with E-state index in [0.29, 0.717) is 17.4 Å². The molecule has 11 heteroatoms. The van der Waals surface area contributed by atoms with Gasteiger partial charge in [0.05, 0.1) is 17.5 Å². The van der Waals surface area contributed by atoms with E-state index in [1.807, 2.05) is 0 Å². The zero-order valence-electron chi connectivity index (χ0n) is 20.1. The lowest BCUT2D eigenvalue weighted by atomic mass is 9.93. The number of carbonyl (C=O) groups excluding carboxylic acids is 2. The Morgan fingerprint density at radius 3 is 2.51 bits per heavy atom. The van der Waals surface area contributed by atoms with Crippen LogP contribution >= 0.6 is 12.4 Å². The maximum absolute atomic E-state index is 13.5. The van der Waals surface area contributed by atoms with Gasteiger partial charge in [0.15, 0.2) is 0 Å². The first-order chi connectivity index (χ1) is 17.0. The van der Waals surface area contributed by atoms with E-state index < -0.39 is 41.3 Å². The number of hydrogen-bond acceptors (Lipinski definition) is 5. The Kier molecular flexibility index (Phi) is 8.34. The summed E-state index contributed by atoms with van der Waals surface area (Å²) in [6, 6.07) is 10.2. The molecule has 2 heterocycles. The molecule has 2 aromatic carbocycles. The summed E-state index contributed by atoms with van der Waals surface area (Å²) < 4.78 is 45.6. The third-order valence-electron chi connectivity index (χ3n) is 6.40. The molecule has 198 valence electrons. The fourth-order valence-corrected chi connectivity index (χ4v) is 4.31. The van der Waals surface area contributed by atoms with Gasteiger partial charge in [-0.05, 0) is 41.5 Å². The quantitative estimate of drug-likeness (QED) is 0.409. The number of carbonyl (C=O) groups is 2. The van der Waals surface area contributed by atoms with Gasteiger partial charge in [0.25, 0.3) is 5.56 Å². The van der Waals surface area contributed by atoms with Crippen LogP contribution in [-0.4, -0.2) is 35.6 Å². The highest BCUT2D eigenvalue weighted by molar-refractivity contribution is 5.90. The van der Waals surface area contributed by atoms with Gasteiger partial charge in [0.1, 0.15) is 12.6 Å². The summed E-state index contributed by atoms with van der Waals surface area (Å²) in [5.74, 6) is -1.46. The molecule has 4 N–H and O–H groups in total. The summed E-state index contributed by atoms with van der Waals surface area (Å²) in [4.78, 5) is 40.0. The van der Waals surface area contributed by atoms with Gasteiger partial charge in [-0.25, -0.2) is 0 Å². The van der Waals surface area contributed by atoms with Crippen LogP contribution in [0.15, 0.2) is 53.3 Å². The fraction of sp³-hybridized carbons (Fsp3) is 0.346. The van der Waals surface area contributed by atoms with Crippen molar-refractivity contribution in [3.8, 4) is 11.3 Å². The van der Waals surface area contributed by atoms with Crippen LogP contribution < -0.4 is 16.6 Å². The molecule has 37 heavy (non-hydrogen) atoms. The summed E-state index contributed by atoms with van der Waals surface area (Å²) in [6.07, 6.45) is -4.23. The molecule has 1 amide bonds. The third-order valence-corrected chi connectivity index (χ3v) is 6.40. The number of alkyl halides is 3. The van der Waals surface area contributed by atoms with Gasteiger partial charge >= 0.3 is 12.1 Å². The minimum atomic E-state index is -4.58. The predicted molar refractivity (Wildman–Crippen MR) is 135 cm³/mol. The number of hydrogen-bond donors (Lipinski definition) is 3. The lowest BCUT2D eigenvalue weighted by Gasteiger charge is -2.16. The summed E-state index contributed by atoms with van der Waals surface area (Å²) in [5, 5.41) is 3.49. The number of nitrogens with one attached hydrogen (secondary N) is 2. The third kappa shape index (κ3) is 5.97. The molecule has 0 bridgehead atoms. The highest BCUT2D eigenvalue weighted by atomic mass is 35.5. The van der Waals surface area contributed by atoms with Crippen molar-refractivity contribution in [1.82, 2.24) is 10.3 Å². The number of nitrogens with two attached hydrogens (primary N) is 1. The number of benzene rings is 2. The molecule has 1 saturated heterocycles. The number of halogens is 4. The number of ether oxygens (including phenoxy) is 1. The van der Waals surface area contributed by atoms with E-state index in [1.54, 1.807) is 32.0 Å². The van der Waals surface area contributed by atoms with Crippen molar-refractivity contribution in [1.29, 1.82) is 0 Å². The normalized spacial score (nSPS) is 18.4. The number of pyridine rings is 1. The first kappa shape index (κ1) is 28.2. The van der Waals surface area contributed by atoms with Gasteiger partial charge in [0.2, 0.25) is 5.91 Å². The molecule has 1 fully saturated rings. The average molecular weight is 538 g/mol. The molecule has 1 aliphatic rings. The van der Waals surface area contributed by atoms with Crippen LogP contribution in [0.25, 0.3) is 22.0 Å². The summed E-state index contributed by atoms with van der Waals surface area (Å²) >= 11 is 0. The van der Waals surface area contributed by atoms with Crippen LogP contribution in [0.4, 0.5) is 13.2 Å². The molecule has 7 nitrogen and oxygen atoms in total. The molecule has 3 atom stereocenters. The topological polar surface area (TPSA) is 114 Å². The largest absolute Gasteiger partial charge is 0.462 e. The van der Waals surface area contributed by atoms with Crippen molar-refractivity contribution in [2.75, 3.05) is 6.61 Å². The number of H-pyrrole nitrogens is 1. The van der Waals surface area contributed by atoms with E-state index in [1.165, 1.54) is 24.3 Å². The summed E-state index contributed by atoms with van der Waals surface area (Å²) in [7, 11) is 0. The van der Waals surface area contributed by atoms with Crippen molar-refractivity contribution >= 4 is 35.1 Å². The first-order valence-corrected chi connectivity index (χ1v) is 11.5. The van der Waals surface area contributed by atoms with Crippen LogP contribution in [0.3, 0.4) is 0 Å². The zero-order chi connectivity index (χ0) is 26.2. The van der Waals surface area contributed by atoms with Gasteiger partial charge in [-0.1, -0.05) is 44.2 Å².